The summed E-state index contributed by atoms with van der Waals surface area (Å²) in [6.45, 7) is 3.97. The van der Waals surface area contributed by atoms with Crippen LogP contribution in [0.25, 0.3) is 0 Å². The van der Waals surface area contributed by atoms with Crippen LogP contribution in [0.3, 0.4) is 0 Å². The van der Waals surface area contributed by atoms with Gasteiger partial charge in [-0.2, -0.15) is 0 Å². The maximum atomic E-state index is 12.3. The average molecular weight is 338 g/mol. The van der Waals surface area contributed by atoms with E-state index in [-0.39, 0.29) is 6.61 Å². The summed E-state index contributed by atoms with van der Waals surface area (Å²) in [5, 5.41) is 11.4. The van der Waals surface area contributed by atoms with Gasteiger partial charge in [0, 0.05) is 6.54 Å². The molecule has 8 heteroatoms. The summed E-state index contributed by atoms with van der Waals surface area (Å²) in [5.41, 5.74) is 2.82. The topological polar surface area (TPSA) is 128 Å². The van der Waals surface area contributed by atoms with E-state index in [0.717, 1.165) is 0 Å². The number of hydrogen-bond donors (Lipinski definition) is 3. The Morgan fingerprint density at radius 2 is 1.75 bits per heavy atom. The minimum atomic E-state index is -2.42. The molecule has 0 spiro atoms. The number of carbonyl (C=O) groups is 3. The van der Waals surface area contributed by atoms with Gasteiger partial charge in [-0.3, -0.25) is 5.32 Å². The Labute approximate surface area is 139 Å². The molecule has 0 heterocycles. The van der Waals surface area contributed by atoms with Crippen molar-refractivity contribution >= 4 is 18.0 Å². The highest BCUT2D eigenvalue weighted by Crippen LogP contribution is 2.13. The van der Waals surface area contributed by atoms with Crippen molar-refractivity contribution in [1.29, 1.82) is 0 Å². The van der Waals surface area contributed by atoms with E-state index in [1.165, 1.54) is 0 Å². The lowest BCUT2D eigenvalue weighted by Crippen LogP contribution is -2.65. The molecule has 0 saturated heterocycles. The number of amides is 1. The number of nitrogens with one attached hydrogen (secondary N) is 1. The van der Waals surface area contributed by atoms with Gasteiger partial charge in [-0.05, 0) is 26.3 Å². The van der Waals surface area contributed by atoms with Crippen molar-refractivity contribution < 1.29 is 29.0 Å². The number of esters is 1. The summed E-state index contributed by atoms with van der Waals surface area (Å²) in [5.74, 6) is -2.80. The van der Waals surface area contributed by atoms with E-state index in [4.69, 9.17) is 15.2 Å². The molecular formula is C16H22N2O6. The number of carboxylic acid groups (broad SMARTS) is 1. The first-order chi connectivity index (χ1) is 11.1. The molecule has 0 aliphatic rings. The summed E-state index contributed by atoms with van der Waals surface area (Å²) in [7, 11) is 0. The monoisotopic (exact) mass is 338 g/mol. The number of benzene rings is 1. The van der Waals surface area contributed by atoms with Crippen LogP contribution in [-0.2, 0) is 25.7 Å². The van der Waals surface area contributed by atoms with E-state index >= 15 is 0 Å². The lowest BCUT2D eigenvalue weighted by atomic mass is 10.0. The van der Waals surface area contributed by atoms with E-state index in [9.17, 15) is 19.5 Å². The van der Waals surface area contributed by atoms with Crippen LogP contribution in [0, 0.1) is 0 Å². The average Bonchev–Trinajstić information content (AvgIpc) is 2.49. The summed E-state index contributed by atoms with van der Waals surface area (Å²) in [6, 6.07) is 8.70. The van der Waals surface area contributed by atoms with Gasteiger partial charge in [0.2, 0.25) is 0 Å². The van der Waals surface area contributed by atoms with Gasteiger partial charge in [0.15, 0.2) is 0 Å². The van der Waals surface area contributed by atoms with Crippen LogP contribution in [0.15, 0.2) is 30.3 Å². The van der Waals surface area contributed by atoms with Crippen LogP contribution in [0.5, 0.6) is 0 Å². The van der Waals surface area contributed by atoms with Crippen LogP contribution in [0.4, 0.5) is 4.79 Å². The molecule has 4 N–H and O–H groups in total. The molecule has 0 fully saturated rings. The number of hydrogen-bond acceptors (Lipinski definition) is 6. The van der Waals surface area contributed by atoms with E-state index < -0.39 is 35.7 Å². The third-order valence-corrected chi connectivity index (χ3v) is 2.95. The highest BCUT2D eigenvalue weighted by atomic mass is 16.6. The molecule has 24 heavy (non-hydrogen) atoms. The first-order valence-corrected chi connectivity index (χ1v) is 7.26. The van der Waals surface area contributed by atoms with Crippen molar-refractivity contribution in [2.45, 2.75) is 38.5 Å². The van der Waals surface area contributed by atoms with Crippen molar-refractivity contribution in [2.24, 2.45) is 5.73 Å². The minimum Gasteiger partial charge on any atom is -0.479 e. The first-order valence-electron chi connectivity index (χ1n) is 7.26. The van der Waals surface area contributed by atoms with Crippen molar-refractivity contribution in [1.82, 2.24) is 5.32 Å². The van der Waals surface area contributed by atoms with Crippen LogP contribution < -0.4 is 11.1 Å². The SMILES string of the molecule is CC(C)(C)OC(=O)NC(CN)(C(=O)O)C(=O)OCc1ccccc1. The molecule has 8 nitrogen and oxygen atoms in total. The lowest BCUT2D eigenvalue weighted by molar-refractivity contribution is -0.163. The van der Waals surface area contributed by atoms with Gasteiger partial charge < -0.3 is 20.3 Å². The molecule has 1 unspecified atom stereocenters. The normalized spacial score (nSPS) is 13.5. The Bertz CT molecular complexity index is 596. The minimum absolute atomic E-state index is 0.148. The molecule has 0 saturated carbocycles. The number of carbonyl (C=O) groups excluding carboxylic acids is 2. The number of nitrogens with two attached hydrogens (primary N) is 1. The summed E-state index contributed by atoms with van der Waals surface area (Å²) >= 11 is 0. The second-order valence-corrected chi connectivity index (χ2v) is 6.10. The third kappa shape index (κ3) is 5.24. The smallest absolute Gasteiger partial charge is 0.409 e. The zero-order valence-electron chi connectivity index (χ0n) is 13.9. The van der Waals surface area contributed by atoms with Crippen molar-refractivity contribution in [3.63, 3.8) is 0 Å². The Morgan fingerprint density at radius 1 is 1.17 bits per heavy atom. The van der Waals surface area contributed by atoms with Crippen LogP contribution in [0.1, 0.15) is 26.3 Å². The fraction of sp³-hybridized carbons (Fsp3) is 0.438. The van der Waals surface area contributed by atoms with Gasteiger partial charge >= 0.3 is 18.0 Å². The van der Waals surface area contributed by atoms with Crippen molar-refractivity contribution in [3.8, 4) is 0 Å². The van der Waals surface area contributed by atoms with Gasteiger partial charge in [0.25, 0.3) is 5.54 Å². The Morgan fingerprint density at radius 3 is 2.21 bits per heavy atom. The predicted molar refractivity (Wildman–Crippen MR) is 85.0 cm³/mol. The highest BCUT2D eigenvalue weighted by molar-refractivity contribution is 6.06. The highest BCUT2D eigenvalue weighted by Gasteiger charge is 2.49. The van der Waals surface area contributed by atoms with Crippen molar-refractivity contribution in [3.05, 3.63) is 35.9 Å². The molecule has 1 rings (SSSR count). The molecule has 1 atom stereocenters. The van der Waals surface area contributed by atoms with E-state index in [0.29, 0.717) is 5.56 Å². The molecule has 0 bridgehead atoms. The molecular weight excluding hydrogens is 316 g/mol. The maximum Gasteiger partial charge on any atom is 0.409 e. The van der Waals surface area contributed by atoms with Gasteiger partial charge in [0.1, 0.15) is 12.2 Å². The fourth-order valence-corrected chi connectivity index (χ4v) is 1.74. The van der Waals surface area contributed by atoms with Crippen LogP contribution in [-0.4, -0.2) is 40.8 Å². The second-order valence-electron chi connectivity index (χ2n) is 6.10. The Kier molecular flexibility index (Phi) is 6.30. The second kappa shape index (κ2) is 7.78. The van der Waals surface area contributed by atoms with Crippen LogP contribution >= 0.6 is 0 Å². The fourth-order valence-electron chi connectivity index (χ4n) is 1.74. The zero-order valence-corrected chi connectivity index (χ0v) is 13.9. The van der Waals surface area contributed by atoms with Gasteiger partial charge in [0.05, 0.1) is 0 Å². The molecule has 1 amide bonds. The van der Waals surface area contributed by atoms with Gasteiger partial charge in [-0.25, -0.2) is 14.4 Å². The quantitative estimate of drug-likeness (QED) is 0.522. The van der Waals surface area contributed by atoms with Gasteiger partial charge in [-0.1, -0.05) is 30.3 Å². The molecule has 0 aromatic heterocycles. The molecule has 1 aromatic carbocycles. The largest absolute Gasteiger partial charge is 0.479 e. The molecule has 1 aromatic rings. The molecule has 0 aliphatic heterocycles. The number of ether oxygens (including phenoxy) is 2. The number of alkyl carbamates (subject to hydrolysis) is 1. The van der Waals surface area contributed by atoms with Gasteiger partial charge in [-0.15, -0.1) is 0 Å². The lowest BCUT2D eigenvalue weighted by Gasteiger charge is -2.28. The standard InChI is InChI=1S/C16H22N2O6/c1-15(2,3)24-14(22)18-16(10-17,12(19)20)13(21)23-9-11-7-5-4-6-8-11/h4-8H,9-10,17H2,1-3H3,(H,18,22)(H,19,20). The summed E-state index contributed by atoms with van der Waals surface area (Å²) < 4.78 is 9.99. The molecule has 0 radical (unpaired) electrons. The predicted octanol–water partition coefficient (Wildman–Crippen LogP) is 1.04. The number of carboxylic acids is 1. The summed E-state index contributed by atoms with van der Waals surface area (Å²) in [4.78, 5) is 35.7. The molecule has 0 aliphatic carbocycles. The van der Waals surface area contributed by atoms with Crippen molar-refractivity contribution in [2.75, 3.05) is 6.54 Å². The third-order valence-electron chi connectivity index (χ3n) is 2.95. The summed E-state index contributed by atoms with van der Waals surface area (Å²) in [6.07, 6.45) is -1.08. The first kappa shape index (κ1) is 19.4. The zero-order chi connectivity index (χ0) is 18.4. The number of rotatable bonds is 6. The van der Waals surface area contributed by atoms with E-state index in [1.807, 2.05) is 5.32 Å². The molecule has 132 valence electrons. The Balaban J connectivity index is 2.88. The maximum absolute atomic E-state index is 12.3. The van der Waals surface area contributed by atoms with E-state index in [1.54, 1.807) is 51.1 Å². The van der Waals surface area contributed by atoms with Crippen LogP contribution in [0.2, 0.25) is 0 Å². The Hall–Kier alpha value is -2.61. The van der Waals surface area contributed by atoms with E-state index in [2.05, 4.69) is 0 Å². The number of aliphatic carboxylic acids is 1.